The van der Waals surface area contributed by atoms with E-state index in [4.69, 9.17) is 37.0 Å². The van der Waals surface area contributed by atoms with Gasteiger partial charge in [0.15, 0.2) is 12.2 Å². The molecule has 558 valence electrons. The van der Waals surface area contributed by atoms with Crippen LogP contribution in [-0.4, -0.2) is 96.7 Å². The third-order valence-electron chi connectivity index (χ3n) is 18.0. The second kappa shape index (κ2) is 64.4. The van der Waals surface area contributed by atoms with Crippen LogP contribution in [0.2, 0.25) is 0 Å². The molecule has 19 heteroatoms. The van der Waals surface area contributed by atoms with E-state index in [9.17, 15) is 43.2 Å². The Morgan fingerprint density at radius 2 is 0.511 bits per heavy atom. The van der Waals surface area contributed by atoms with Gasteiger partial charge in [-0.25, -0.2) is 9.13 Å². The molecule has 94 heavy (non-hydrogen) atoms. The molecule has 0 amide bonds. The molecule has 0 bridgehead atoms. The summed E-state index contributed by atoms with van der Waals surface area (Å²) in [6.07, 6.45) is 48.5. The molecule has 0 aromatic heterocycles. The molecule has 0 rings (SSSR count). The lowest BCUT2D eigenvalue weighted by Crippen LogP contribution is -2.30. The van der Waals surface area contributed by atoms with Gasteiger partial charge in [-0.15, -0.1) is 0 Å². The molecule has 0 aliphatic carbocycles. The number of aliphatic hydroxyl groups excluding tert-OH is 1. The Balaban J connectivity index is 5.26. The number of phosphoric acid groups is 2. The second-order valence-electron chi connectivity index (χ2n) is 28.5. The molecule has 0 aromatic carbocycles. The zero-order chi connectivity index (χ0) is 69.6. The third-order valence-corrected chi connectivity index (χ3v) is 19.9. The van der Waals surface area contributed by atoms with Crippen LogP contribution < -0.4 is 0 Å². The molecule has 0 heterocycles. The Hall–Kier alpha value is -1.94. The third kappa shape index (κ3) is 66.0. The van der Waals surface area contributed by atoms with Crippen LogP contribution in [0, 0.1) is 23.7 Å². The van der Waals surface area contributed by atoms with Crippen LogP contribution in [0.1, 0.15) is 376 Å². The summed E-state index contributed by atoms with van der Waals surface area (Å²) in [4.78, 5) is 72.8. The van der Waals surface area contributed by atoms with Crippen LogP contribution >= 0.6 is 15.6 Å². The molecular weight excluding hydrogens is 1230 g/mol. The van der Waals surface area contributed by atoms with Crippen LogP contribution in [0.15, 0.2) is 0 Å². The van der Waals surface area contributed by atoms with Crippen molar-refractivity contribution in [2.45, 2.75) is 395 Å². The maximum atomic E-state index is 13.1. The number of unbranched alkanes of at least 4 members (excludes halogenated alkanes) is 36. The summed E-state index contributed by atoms with van der Waals surface area (Å²) in [6.45, 7) is 14.2. The highest BCUT2D eigenvalue weighted by Crippen LogP contribution is 2.45. The number of hydrogen-bond acceptors (Lipinski definition) is 15. The van der Waals surface area contributed by atoms with Gasteiger partial charge in [0.05, 0.1) is 26.4 Å². The standard InChI is InChI=1S/C75H146O17P2/c1-9-67(7)53-45-37-29-23-25-32-40-48-56-73(78)86-62-71(92-75(80)58-50-42-34-26-24-30-38-46-54-68(8)10-2)64-90-94(83,84)88-60-69(76)59-87-93(81,82)89-63-70(61-85-72(77)55-47-39-31-22-18-20-28-36-44-52-66(5)6)91-74(79)57-49-41-33-21-17-15-13-11-12-14-16-19-27-35-43-51-65(3)4/h65-71,76H,9-64H2,1-8H3,(H,81,82)(H,83,84)/t67?,68?,69-,70-,71-/m1/s1. The molecule has 0 aliphatic rings. The average molecular weight is 1380 g/mol. The summed E-state index contributed by atoms with van der Waals surface area (Å²) >= 11 is 0. The van der Waals surface area contributed by atoms with Gasteiger partial charge in [0.2, 0.25) is 0 Å². The van der Waals surface area contributed by atoms with Crippen LogP contribution in [0.3, 0.4) is 0 Å². The topological polar surface area (TPSA) is 237 Å². The van der Waals surface area contributed by atoms with E-state index in [1.807, 2.05) is 0 Å². The first kappa shape index (κ1) is 92.1. The van der Waals surface area contributed by atoms with Crippen molar-refractivity contribution in [3.05, 3.63) is 0 Å². The minimum atomic E-state index is -4.96. The predicted octanol–water partition coefficient (Wildman–Crippen LogP) is 21.7. The fraction of sp³-hybridized carbons (Fsp3) is 0.947. The van der Waals surface area contributed by atoms with Gasteiger partial charge in [-0.3, -0.25) is 37.3 Å². The molecule has 0 saturated heterocycles. The first-order valence-corrected chi connectivity index (χ1v) is 41.8. The van der Waals surface area contributed by atoms with Gasteiger partial charge in [-0.05, 0) is 49.4 Å². The Kier molecular flexibility index (Phi) is 63.1. The van der Waals surface area contributed by atoms with Crippen molar-refractivity contribution in [3.8, 4) is 0 Å². The molecule has 7 atom stereocenters. The van der Waals surface area contributed by atoms with Crippen LogP contribution in [-0.2, 0) is 65.4 Å². The fourth-order valence-electron chi connectivity index (χ4n) is 11.3. The van der Waals surface area contributed by atoms with E-state index in [2.05, 4.69) is 55.4 Å². The summed E-state index contributed by atoms with van der Waals surface area (Å²) in [5.74, 6) is 0.970. The lowest BCUT2D eigenvalue weighted by molar-refractivity contribution is -0.161. The van der Waals surface area contributed by atoms with E-state index < -0.39 is 97.5 Å². The molecule has 4 unspecified atom stereocenters. The number of carbonyl (C=O) groups excluding carboxylic acids is 4. The molecule has 17 nitrogen and oxygen atoms in total. The molecule has 0 fully saturated rings. The number of rotatable bonds is 72. The van der Waals surface area contributed by atoms with E-state index >= 15 is 0 Å². The van der Waals surface area contributed by atoms with Crippen molar-refractivity contribution in [2.24, 2.45) is 23.7 Å². The number of ether oxygens (including phenoxy) is 4. The van der Waals surface area contributed by atoms with Crippen LogP contribution in [0.25, 0.3) is 0 Å². The largest absolute Gasteiger partial charge is 0.472 e. The number of aliphatic hydroxyl groups is 1. The minimum absolute atomic E-state index is 0.104. The monoisotopic (exact) mass is 1380 g/mol. The fourth-order valence-corrected chi connectivity index (χ4v) is 12.9. The van der Waals surface area contributed by atoms with Gasteiger partial charge in [-0.2, -0.15) is 0 Å². The summed E-state index contributed by atoms with van der Waals surface area (Å²) < 4.78 is 68.5. The molecule has 0 radical (unpaired) electrons. The van der Waals surface area contributed by atoms with E-state index in [0.29, 0.717) is 25.7 Å². The highest BCUT2D eigenvalue weighted by molar-refractivity contribution is 7.47. The van der Waals surface area contributed by atoms with Crippen molar-refractivity contribution in [1.29, 1.82) is 0 Å². The Morgan fingerprint density at radius 1 is 0.298 bits per heavy atom. The van der Waals surface area contributed by atoms with Gasteiger partial charge in [0, 0.05) is 25.7 Å². The lowest BCUT2D eigenvalue weighted by atomic mass is 9.99. The summed E-state index contributed by atoms with van der Waals surface area (Å²) in [5, 5.41) is 10.6. The van der Waals surface area contributed by atoms with Gasteiger partial charge in [0.1, 0.15) is 19.3 Å². The first-order chi connectivity index (χ1) is 45.2. The molecule has 0 aromatic rings. The highest BCUT2D eigenvalue weighted by atomic mass is 31.2. The smallest absolute Gasteiger partial charge is 0.462 e. The molecule has 3 N–H and O–H groups in total. The van der Waals surface area contributed by atoms with Crippen LogP contribution in [0.4, 0.5) is 0 Å². The van der Waals surface area contributed by atoms with E-state index in [1.54, 1.807) is 0 Å². The second-order valence-corrected chi connectivity index (χ2v) is 31.4. The van der Waals surface area contributed by atoms with Gasteiger partial charge < -0.3 is 33.8 Å². The van der Waals surface area contributed by atoms with Crippen molar-refractivity contribution in [1.82, 2.24) is 0 Å². The maximum absolute atomic E-state index is 13.1. The Bertz CT molecular complexity index is 1850. The summed E-state index contributed by atoms with van der Waals surface area (Å²) in [7, 11) is -9.91. The van der Waals surface area contributed by atoms with Gasteiger partial charge >= 0.3 is 39.5 Å². The zero-order valence-electron chi connectivity index (χ0n) is 61.6. The summed E-state index contributed by atoms with van der Waals surface area (Å²) in [6, 6.07) is 0. The van der Waals surface area contributed by atoms with E-state index in [0.717, 1.165) is 114 Å². The zero-order valence-corrected chi connectivity index (χ0v) is 63.4. The summed E-state index contributed by atoms with van der Waals surface area (Å²) in [5.41, 5.74) is 0. The number of phosphoric ester groups is 2. The average Bonchev–Trinajstić information content (AvgIpc) is 1.31. The lowest BCUT2D eigenvalue weighted by Gasteiger charge is -2.21. The van der Waals surface area contributed by atoms with Crippen molar-refractivity contribution >= 4 is 39.5 Å². The molecule has 0 saturated carbocycles. The molecule has 0 aliphatic heterocycles. The normalized spacial score (nSPS) is 14.7. The molecular formula is C75H146O17P2. The quantitative estimate of drug-likeness (QED) is 0.0222. The van der Waals surface area contributed by atoms with Crippen LogP contribution in [0.5, 0.6) is 0 Å². The Labute approximate surface area is 575 Å². The maximum Gasteiger partial charge on any atom is 0.472 e. The number of esters is 4. The van der Waals surface area contributed by atoms with Crippen molar-refractivity contribution in [3.63, 3.8) is 0 Å². The number of carbonyl (C=O) groups is 4. The van der Waals surface area contributed by atoms with Gasteiger partial charge in [-0.1, -0.05) is 325 Å². The minimum Gasteiger partial charge on any atom is -0.462 e. The Morgan fingerprint density at radius 3 is 0.755 bits per heavy atom. The van der Waals surface area contributed by atoms with E-state index in [1.165, 1.54) is 180 Å². The van der Waals surface area contributed by atoms with Gasteiger partial charge in [0.25, 0.3) is 0 Å². The predicted molar refractivity (Wildman–Crippen MR) is 381 cm³/mol. The van der Waals surface area contributed by atoms with E-state index in [-0.39, 0.29) is 25.7 Å². The first-order valence-electron chi connectivity index (χ1n) is 38.8. The highest BCUT2D eigenvalue weighted by Gasteiger charge is 2.30. The number of hydrogen-bond donors (Lipinski definition) is 3. The molecule has 0 spiro atoms. The van der Waals surface area contributed by atoms with Crippen molar-refractivity contribution in [2.75, 3.05) is 39.6 Å². The van der Waals surface area contributed by atoms with Crippen molar-refractivity contribution < 1.29 is 80.2 Å². The SMILES string of the molecule is CCC(C)CCCCCCCCCCC(=O)OC[C@H](COP(=O)(O)OC[C@H](O)COP(=O)(O)OC[C@@H](COC(=O)CCCCCCCCCCCC(C)C)OC(=O)CCCCCCCCCCCCCCCCCC(C)C)OC(=O)CCCCCCCCCCC(C)CC.